The molecular formula is C32H41N3O5S. The number of unbranched alkanes of at least 4 members (excludes halogenated alkanes) is 1. The van der Waals surface area contributed by atoms with E-state index in [0.717, 1.165) is 33.8 Å². The number of rotatable bonds is 14. The number of nitrogens with one attached hydrogen (secondary N) is 1. The standard InChI is InChI=1S/C32H41N3O5S/c1-6-8-20-33-32(37)26(5)34(22-27-11-9-10-25(4)21-27)31(36)23-35(28-14-16-29(17-15-28)40-7-2)41(38,39)30-18-12-24(3)13-19-30/h9-19,21,26H,6-8,20,22-23H2,1-5H3,(H,33,37). The van der Waals surface area contributed by atoms with Crippen LogP contribution in [0.3, 0.4) is 0 Å². The number of amides is 2. The lowest BCUT2D eigenvalue weighted by atomic mass is 10.1. The summed E-state index contributed by atoms with van der Waals surface area (Å²) < 4.78 is 34.5. The van der Waals surface area contributed by atoms with Crippen molar-refractivity contribution in [2.75, 3.05) is 24.0 Å². The second-order valence-electron chi connectivity index (χ2n) is 10.1. The number of nitrogens with zero attached hydrogens (tertiary/aromatic N) is 2. The first-order valence-electron chi connectivity index (χ1n) is 14.0. The predicted octanol–water partition coefficient (Wildman–Crippen LogP) is 5.23. The molecule has 1 N–H and O–H groups in total. The topological polar surface area (TPSA) is 96.0 Å². The van der Waals surface area contributed by atoms with Crippen LogP contribution in [0.4, 0.5) is 5.69 Å². The summed E-state index contributed by atoms with van der Waals surface area (Å²) in [5.41, 5.74) is 3.10. The largest absolute Gasteiger partial charge is 0.494 e. The van der Waals surface area contributed by atoms with Crippen LogP contribution in [0.25, 0.3) is 0 Å². The number of sulfonamides is 1. The van der Waals surface area contributed by atoms with Crippen molar-refractivity contribution in [3.05, 3.63) is 89.5 Å². The Morgan fingerprint density at radius 1 is 0.927 bits per heavy atom. The molecule has 8 nitrogen and oxygen atoms in total. The highest BCUT2D eigenvalue weighted by Crippen LogP contribution is 2.27. The molecular weight excluding hydrogens is 538 g/mol. The molecule has 2 amide bonds. The van der Waals surface area contributed by atoms with Crippen LogP contribution in [0.2, 0.25) is 0 Å². The van der Waals surface area contributed by atoms with Gasteiger partial charge in [0.25, 0.3) is 10.0 Å². The van der Waals surface area contributed by atoms with E-state index in [1.807, 2.05) is 52.0 Å². The van der Waals surface area contributed by atoms with Crippen molar-refractivity contribution in [1.82, 2.24) is 10.2 Å². The lowest BCUT2D eigenvalue weighted by Crippen LogP contribution is -2.51. The van der Waals surface area contributed by atoms with E-state index < -0.39 is 28.5 Å². The lowest BCUT2D eigenvalue weighted by molar-refractivity contribution is -0.139. The lowest BCUT2D eigenvalue weighted by Gasteiger charge is -2.32. The van der Waals surface area contributed by atoms with Gasteiger partial charge in [-0.05, 0) is 76.1 Å². The van der Waals surface area contributed by atoms with Gasteiger partial charge in [0.05, 0.1) is 17.2 Å². The van der Waals surface area contributed by atoms with Crippen molar-refractivity contribution in [3.63, 3.8) is 0 Å². The molecule has 0 aliphatic carbocycles. The number of aryl methyl sites for hydroxylation is 2. The third-order valence-electron chi connectivity index (χ3n) is 6.76. The Morgan fingerprint density at radius 3 is 2.22 bits per heavy atom. The van der Waals surface area contributed by atoms with E-state index in [1.165, 1.54) is 17.0 Å². The number of carbonyl (C=O) groups is 2. The number of ether oxygens (including phenoxy) is 1. The molecule has 0 saturated heterocycles. The molecule has 220 valence electrons. The van der Waals surface area contributed by atoms with E-state index in [2.05, 4.69) is 5.32 Å². The highest BCUT2D eigenvalue weighted by Gasteiger charge is 2.32. The SMILES string of the molecule is CCCCNC(=O)C(C)N(Cc1cccc(C)c1)C(=O)CN(c1ccc(OCC)cc1)S(=O)(=O)c1ccc(C)cc1. The minimum Gasteiger partial charge on any atom is -0.494 e. The molecule has 1 unspecified atom stereocenters. The fraction of sp³-hybridized carbons (Fsp3) is 0.375. The first kappa shape index (κ1) is 31.7. The van der Waals surface area contributed by atoms with Crippen LogP contribution in [0.5, 0.6) is 5.75 Å². The third-order valence-corrected chi connectivity index (χ3v) is 8.54. The van der Waals surface area contributed by atoms with Gasteiger partial charge in [-0.1, -0.05) is 60.9 Å². The number of anilines is 1. The molecule has 41 heavy (non-hydrogen) atoms. The van der Waals surface area contributed by atoms with Gasteiger partial charge in [-0.3, -0.25) is 13.9 Å². The van der Waals surface area contributed by atoms with Crippen LogP contribution < -0.4 is 14.4 Å². The molecule has 0 spiro atoms. The molecule has 0 fully saturated rings. The van der Waals surface area contributed by atoms with E-state index in [4.69, 9.17) is 4.74 Å². The highest BCUT2D eigenvalue weighted by atomic mass is 32.2. The summed E-state index contributed by atoms with van der Waals surface area (Å²) in [6, 6.07) is 20.0. The predicted molar refractivity (Wildman–Crippen MR) is 162 cm³/mol. The van der Waals surface area contributed by atoms with Gasteiger partial charge < -0.3 is 15.0 Å². The normalized spacial score (nSPS) is 11.9. The Labute approximate surface area is 244 Å². The Balaban J connectivity index is 2.00. The molecule has 0 radical (unpaired) electrons. The molecule has 0 aromatic heterocycles. The fourth-order valence-corrected chi connectivity index (χ4v) is 5.78. The van der Waals surface area contributed by atoms with Crippen molar-refractivity contribution in [2.24, 2.45) is 0 Å². The van der Waals surface area contributed by atoms with Crippen LogP contribution in [0.1, 0.15) is 50.3 Å². The molecule has 0 aliphatic rings. The van der Waals surface area contributed by atoms with Gasteiger partial charge in [0.1, 0.15) is 18.3 Å². The third kappa shape index (κ3) is 8.57. The van der Waals surface area contributed by atoms with Crippen LogP contribution in [-0.4, -0.2) is 50.9 Å². The quantitative estimate of drug-likeness (QED) is 0.264. The van der Waals surface area contributed by atoms with Gasteiger partial charge in [-0.2, -0.15) is 0 Å². The minimum atomic E-state index is -4.12. The summed E-state index contributed by atoms with van der Waals surface area (Å²) in [7, 11) is -4.12. The molecule has 0 bridgehead atoms. The number of benzene rings is 3. The zero-order valence-electron chi connectivity index (χ0n) is 24.6. The Morgan fingerprint density at radius 2 is 1.61 bits per heavy atom. The van der Waals surface area contributed by atoms with Gasteiger partial charge in [-0.25, -0.2) is 8.42 Å². The van der Waals surface area contributed by atoms with Crippen molar-refractivity contribution < 1.29 is 22.7 Å². The van der Waals surface area contributed by atoms with Gasteiger partial charge >= 0.3 is 0 Å². The fourth-order valence-electron chi connectivity index (χ4n) is 4.37. The smallest absolute Gasteiger partial charge is 0.264 e. The summed E-state index contributed by atoms with van der Waals surface area (Å²) in [6.07, 6.45) is 1.75. The molecule has 3 rings (SSSR count). The highest BCUT2D eigenvalue weighted by molar-refractivity contribution is 7.92. The van der Waals surface area contributed by atoms with Crippen LogP contribution >= 0.6 is 0 Å². The maximum atomic E-state index is 14.0. The van der Waals surface area contributed by atoms with Gasteiger partial charge in [0, 0.05) is 13.1 Å². The number of hydrogen-bond donors (Lipinski definition) is 1. The van der Waals surface area contributed by atoms with Crippen molar-refractivity contribution in [3.8, 4) is 5.75 Å². The Hall–Kier alpha value is -3.85. The molecule has 0 aliphatic heterocycles. The van der Waals surface area contributed by atoms with Crippen LogP contribution in [0, 0.1) is 13.8 Å². The van der Waals surface area contributed by atoms with Gasteiger partial charge in [-0.15, -0.1) is 0 Å². The van der Waals surface area contributed by atoms with Crippen molar-refractivity contribution in [1.29, 1.82) is 0 Å². The average molecular weight is 580 g/mol. The molecule has 0 heterocycles. The zero-order valence-corrected chi connectivity index (χ0v) is 25.4. The Kier molecular flexibility index (Phi) is 11.3. The molecule has 3 aromatic rings. The Bertz CT molecular complexity index is 1410. The van der Waals surface area contributed by atoms with Gasteiger partial charge in [0.2, 0.25) is 11.8 Å². The monoisotopic (exact) mass is 579 g/mol. The zero-order chi connectivity index (χ0) is 30.0. The van der Waals surface area contributed by atoms with E-state index >= 15 is 0 Å². The maximum absolute atomic E-state index is 14.0. The second kappa shape index (κ2) is 14.7. The molecule has 9 heteroatoms. The summed E-state index contributed by atoms with van der Waals surface area (Å²) in [5, 5.41) is 2.90. The summed E-state index contributed by atoms with van der Waals surface area (Å²) in [6.45, 7) is 10.0. The minimum absolute atomic E-state index is 0.0698. The van der Waals surface area contributed by atoms with Crippen LogP contribution in [-0.2, 0) is 26.2 Å². The van der Waals surface area contributed by atoms with Crippen molar-refractivity contribution in [2.45, 2.75) is 64.9 Å². The number of carbonyl (C=O) groups excluding carboxylic acids is 2. The summed E-state index contributed by atoms with van der Waals surface area (Å²) in [5.74, 6) is -0.184. The second-order valence-corrected chi connectivity index (χ2v) is 11.9. The van der Waals surface area contributed by atoms with Crippen LogP contribution in [0.15, 0.2) is 77.7 Å². The van der Waals surface area contributed by atoms with E-state index in [1.54, 1.807) is 43.3 Å². The van der Waals surface area contributed by atoms with Gasteiger partial charge in [0.15, 0.2) is 0 Å². The number of hydrogen-bond acceptors (Lipinski definition) is 5. The van der Waals surface area contributed by atoms with Crippen molar-refractivity contribution >= 4 is 27.5 Å². The molecule has 0 saturated carbocycles. The first-order chi connectivity index (χ1) is 19.6. The summed E-state index contributed by atoms with van der Waals surface area (Å²) in [4.78, 5) is 28.6. The van der Waals surface area contributed by atoms with E-state index in [9.17, 15) is 18.0 Å². The first-order valence-corrected chi connectivity index (χ1v) is 15.5. The summed E-state index contributed by atoms with van der Waals surface area (Å²) >= 11 is 0. The van der Waals surface area contributed by atoms with E-state index in [-0.39, 0.29) is 17.3 Å². The average Bonchev–Trinajstić information content (AvgIpc) is 2.95. The maximum Gasteiger partial charge on any atom is 0.264 e. The molecule has 1 atom stereocenters. The van der Waals surface area contributed by atoms with E-state index in [0.29, 0.717) is 24.6 Å². The molecule has 3 aromatic carbocycles.